The van der Waals surface area contributed by atoms with Crippen molar-refractivity contribution in [2.24, 2.45) is 0 Å². The van der Waals surface area contributed by atoms with E-state index in [0.29, 0.717) is 11.6 Å². The van der Waals surface area contributed by atoms with Gasteiger partial charge in [-0.15, -0.1) is 11.8 Å². The number of nitrogens with zero attached hydrogens (tertiary/aromatic N) is 3. The molecule has 4 aromatic rings. The van der Waals surface area contributed by atoms with Gasteiger partial charge in [-0.2, -0.15) is 5.10 Å². The van der Waals surface area contributed by atoms with Crippen molar-refractivity contribution in [2.75, 3.05) is 13.3 Å². The highest BCUT2D eigenvalue weighted by Crippen LogP contribution is 2.26. The molecule has 1 N–H and O–H groups in total. The number of nitrogens with one attached hydrogen (secondary N) is 1. The normalized spacial score (nSPS) is 12.4. The maximum Gasteiger partial charge on any atom is 0.255 e. The lowest BCUT2D eigenvalue weighted by molar-refractivity contribution is 0.247. The number of fused-ring (bicyclic) bond motifs is 1. The second kappa shape index (κ2) is 10.00. The summed E-state index contributed by atoms with van der Waals surface area (Å²) in [7, 11) is 2.01. The summed E-state index contributed by atoms with van der Waals surface area (Å²) in [6.07, 6.45) is 2.02. The lowest BCUT2D eigenvalue weighted by atomic mass is 10.1. The summed E-state index contributed by atoms with van der Waals surface area (Å²) in [5, 5.41) is 9.07. The number of aromatic amines is 1. The first-order valence-electron chi connectivity index (χ1n) is 10.7. The van der Waals surface area contributed by atoms with E-state index in [9.17, 15) is 4.79 Å². The number of rotatable bonds is 8. The van der Waals surface area contributed by atoms with Crippen LogP contribution in [-0.2, 0) is 13.1 Å². The second-order valence-corrected chi connectivity index (χ2v) is 9.58. The highest BCUT2D eigenvalue weighted by Gasteiger charge is 2.18. The van der Waals surface area contributed by atoms with E-state index in [-0.39, 0.29) is 18.1 Å². The van der Waals surface area contributed by atoms with E-state index in [4.69, 9.17) is 11.6 Å². The van der Waals surface area contributed by atoms with Crippen LogP contribution >= 0.6 is 23.4 Å². The first-order chi connectivity index (χ1) is 15.9. The maximum absolute atomic E-state index is 13.4. The lowest BCUT2D eigenvalue weighted by Gasteiger charge is -2.24. The van der Waals surface area contributed by atoms with Gasteiger partial charge in [0.1, 0.15) is 0 Å². The van der Waals surface area contributed by atoms with Gasteiger partial charge in [-0.1, -0.05) is 54.6 Å². The van der Waals surface area contributed by atoms with Crippen LogP contribution in [-0.4, -0.2) is 33.0 Å². The van der Waals surface area contributed by atoms with Crippen LogP contribution in [0.4, 0.5) is 0 Å². The molecule has 5 nitrogen and oxygen atoms in total. The van der Waals surface area contributed by atoms with E-state index in [1.54, 1.807) is 16.3 Å². The Bertz CT molecular complexity index is 1350. The summed E-state index contributed by atoms with van der Waals surface area (Å²) in [6, 6.07) is 20.3. The third-order valence-electron chi connectivity index (χ3n) is 5.91. The van der Waals surface area contributed by atoms with Gasteiger partial charge in [-0.25, -0.2) is 0 Å². The maximum atomic E-state index is 13.4. The minimum Gasteiger partial charge on any atom is -0.303 e. The smallest absolute Gasteiger partial charge is 0.255 e. The molecule has 0 aliphatic heterocycles. The number of H-pyrrole nitrogens is 1. The molecule has 0 amide bonds. The minimum atomic E-state index is -0.0452. The van der Waals surface area contributed by atoms with Crippen molar-refractivity contribution in [1.29, 1.82) is 0 Å². The van der Waals surface area contributed by atoms with E-state index in [1.807, 2.05) is 55.8 Å². The number of pyridine rings is 1. The molecule has 0 saturated carbocycles. The third-order valence-corrected chi connectivity index (χ3v) is 6.75. The molecule has 0 saturated heterocycles. The summed E-state index contributed by atoms with van der Waals surface area (Å²) in [6.45, 7) is 6.69. The number of halogens is 1. The second-order valence-electron chi connectivity index (χ2n) is 8.17. The van der Waals surface area contributed by atoms with Gasteiger partial charge in [0, 0.05) is 33.6 Å². The van der Waals surface area contributed by atoms with Crippen molar-refractivity contribution >= 4 is 34.3 Å². The Morgan fingerprint density at radius 3 is 2.67 bits per heavy atom. The Hall–Kier alpha value is -2.80. The molecule has 33 heavy (non-hydrogen) atoms. The van der Waals surface area contributed by atoms with Crippen LogP contribution in [0.5, 0.6) is 0 Å². The zero-order valence-corrected chi connectivity index (χ0v) is 20.6. The van der Waals surface area contributed by atoms with E-state index < -0.39 is 0 Å². The zero-order chi connectivity index (χ0) is 23.5. The van der Waals surface area contributed by atoms with Crippen molar-refractivity contribution in [1.82, 2.24) is 19.7 Å². The van der Waals surface area contributed by atoms with Crippen LogP contribution in [0.25, 0.3) is 22.2 Å². The van der Waals surface area contributed by atoms with Gasteiger partial charge in [0.05, 0.1) is 23.4 Å². The van der Waals surface area contributed by atoms with Gasteiger partial charge in [0.25, 0.3) is 5.56 Å². The van der Waals surface area contributed by atoms with Crippen molar-refractivity contribution < 1.29 is 0 Å². The average Bonchev–Trinajstić information content (AvgIpc) is 3.31. The highest BCUT2D eigenvalue weighted by molar-refractivity contribution is 7.98. The predicted octanol–water partition coefficient (Wildman–Crippen LogP) is 6.06. The Kier molecular flexibility index (Phi) is 7.08. The van der Waals surface area contributed by atoms with E-state index in [0.717, 1.165) is 38.3 Å². The zero-order valence-electron chi connectivity index (χ0n) is 19.0. The van der Waals surface area contributed by atoms with Crippen LogP contribution in [0.1, 0.15) is 24.2 Å². The molecule has 4 rings (SSSR count). The van der Waals surface area contributed by atoms with Crippen LogP contribution < -0.4 is 5.56 Å². The number of benzene rings is 2. The molecule has 2 aromatic carbocycles. The van der Waals surface area contributed by atoms with Crippen LogP contribution in [0.3, 0.4) is 0 Å². The number of allylic oxidation sites excluding steroid dienone is 1. The van der Waals surface area contributed by atoms with Crippen LogP contribution in [0, 0.1) is 0 Å². The largest absolute Gasteiger partial charge is 0.303 e. The highest BCUT2D eigenvalue weighted by atomic mass is 35.5. The summed E-state index contributed by atoms with van der Waals surface area (Å²) in [5.74, 6) is 0. The van der Waals surface area contributed by atoms with Crippen molar-refractivity contribution in [3.05, 3.63) is 93.9 Å². The SMILES string of the molecule is C=C(Cl)Cn1c(=O)c(CN(C)C(C)c2cc(-c3ccccc3)n[nH]2)cc2ccc(SC)cc21. The number of hydrogen-bond acceptors (Lipinski definition) is 4. The van der Waals surface area contributed by atoms with E-state index in [2.05, 4.69) is 46.8 Å². The molecule has 0 radical (unpaired) electrons. The molecule has 1 unspecified atom stereocenters. The molecule has 0 fully saturated rings. The van der Waals surface area contributed by atoms with Crippen LogP contribution in [0.2, 0.25) is 0 Å². The van der Waals surface area contributed by atoms with Gasteiger partial charge < -0.3 is 4.57 Å². The Labute approximate surface area is 203 Å². The molecule has 0 bridgehead atoms. The number of thioether (sulfide) groups is 1. The molecular weight excluding hydrogens is 452 g/mol. The van der Waals surface area contributed by atoms with Crippen molar-refractivity contribution in [3.8, 4) is 11.3 Å². The molecular formula is C26H27ClN4OS. The van der Waals surface area contributed by atoms with Crippen molar-refractivity contribution in [2.45, 2.75) is 31.0 Å². The van der Waals surface area contributed by atoms with E-state index >= 15 is 0 Å². The van der Waals surface area contributed by atoms with Gasteiger partial charge in [0.15, 0.2) is 0 Å². The first-order valence-corrected chi connectivity index (χ1v) is 12.3. The summed E-state index contributed by atoms with van der Waals surface area (Å²) < 4.78 is 1.72. The van der Waals surface area contributed by atoms with Crippen molar-refractivity contribution in [3.63, 3.8) is 0 Å². The molecule has 0 aliphatic carbocycles. The van der Waals surface area contributed by atoms with Gasteiger partial charge in [0.2, 0.25) is 0 Å². The molecule has 0 aliphatic rings. The fourth-order valence-corrected chi connectivity index (χ4v) is 4.48. The summed E-state index contributed by atoms with van der Waals surface area (Å²) >= 11 is 7.76. The van der Waals surface area contributed by atoms with E-state index in [1.165, 1.54) is 0 Å². The molecule has 2 heterocycles. The first kappa shape index (κ1) is 23.4. The molecule has 1 atom stereocenters. The van der Waals surface area contributed by atoms with Crippen LogP contribution in [0.15, 0.2) is 82.0 Å². The standard InChI is InChI=1S/C26H27ClN4OS/c1-17(27)15-31-25-13-22(33-4)11-10-20(25)12-21(26(31)32)16-30(3)18(2)23-14-24(29-28-23)19-8-6-5-7-9-19/h5-14,18H,1,15-16H2,2-4H3,(H,28,29). The fourth-order valence-electron chi connectivity index (χ4n) is 3.93. The number of aromatic nitrogens is 3. The monoisotopic (exact) mass is 478 g/mol. The fraction of sp³-hybridized carbons (Fsp3) is 0.231. The predicted molar refractivity (Wildman–Crippen MR) is 139 cm³/mol. The Balaban J connectivity index is 1.64. The topological polar surface area (TPSA) is 53.9 Å². The number of hydrogen-bond donors (Lipinski definition) is 1. The molecule has 170 valence electrons. The quantitative estimate of drug-likeness (QED) is 0.313. The molecule has 7 heteroatoms. The minimum absolute atomic E-state index is 0.0420. The van der Waals surface area contributed by atoms with Gasteiger partial charge >= 0.3 is 0 Å². The average molecular weight is 479 g/mol. The molecule has 0 spiro atoms. The third kappa shape index (κ3) is 5.08. The Morgan fingerprint density at radius 2 is 1.97 bits per heavy atom. The lowest BCUT2D eigenvalue weighted by Crippen LogP contribution is -2.30. The summed E-state index contributed by atoms with van der Waals surface area (Å²) in [5.41, 5.74) is 4.51. The van der Waals surface area contributed by atoms with Gasteiger partial charge in [-0.3, -0.25) is 14.8 Å². The Morgan fingerprint density at radius 1 is 1.21 bits per heavy atom. The van der Waals surface area contributed by atoms with Gasteiger partial charge in [-0.05, 0) is 49.9 Å². The molecule has 2 aromatic heterocycles. The summed E-state index contributed by atoms with van der Waals surface area (Å²) in [4.78, 5) is 16.7.